The molecule has 0 saturated carbocycles. The number of benzene rings is 2. The van der Waals surface area contributed by atoms with Crippen molar-refractivity contribution >= 4 is 23.2 Å². The second-order valence-corrected chi connectivity index (χ2v) is 5.10. The monoisotopic (exact) mass is 304 g/mol. The van der Waals surface area contributed by atoms with Gasteiger partial charge in [-0.1, -0.05) is 29.3 Å². The zero-order valence-electron chi connectivity index (χ0n) is 11.7. The van der Waals surface area contributed by atoms with Gasteiger partial charge in [0.05, 0.1) is 0 Å². The van der Waals surface area contributed by atoms with Crippen LogP contribution < -0.4 is 15.8 Å². The molecule has 0 aliphatic carbocycles. The van der Waals surface area contributed by atoms with Gasteiger partial charge in [-0.25, -0.2) is 0 Å². The largest absolute Gasteiger partial charge is 0.483 e. The van der Waals surface area contributed by atoms with Crippen molar-refractivity contribution in [1.29, 1.82) is 0 Å². The lowest BCUT2D eigenvalue weighted by Crippen LogP contribution is -2.20. The van der Waals surface area contributed by atoms with Gasteiger partial charge in [0.2, 0.25) is 0 Å². The summed E-state index contributed by atoms with van der Waals surface area (Å²) in [6.45, 7) is 2.28. The van der Waals surface area contributed by atoms with Crippen LogP contribution in [0.5, 0.6) is 5.75 Å². The number of rotatable bonds is 5. The molecule has 21 heavy (non-hydrogen) atoms. The van der Waals surface area contributed by atoms with Crippen LogP contribution in [0.2, 0.25) is 5.02 Å². The van der Waals surface area contributed by atoms with E-state index in [-0.39, 0.29) is 12.5 Å². The molecule has 0 heterocycles. The van der Waals surface area contributed by atoms with Crippen molar-refractivity contribution in [3.05, 3.63) is 58.6 Å². The number of amides is 1. The first kappa shape index (κ1) is 15.4. The van der Waals surface area contributed by atoms with Gasteiger partial charge in [-0.2, -0.15) is 0 Å². The van der Waals surface area contributed by atoms with Crippen molar-refractivity contribution < 1.29 is 9.53 Å². The number of aryl methyl sites for hydroxylation is 1. The van der Waals surface area contributed by atoms with Gasteiger partial charge in [-0.3, -0.25) is 4.79 Å². The van der Waals surface area contributed by atoms with E-state index in [0.29, 0.717) is 23.0 Å². The lowest BCUT2D eigenvalue weighted by molar-refractivity contribution is -0.118. The summed E-state index contributed by atoms with van der Waals surface area (Å²) >= 11 is 5.79. The Morgan fingerprint density at radius 3 is 2.62 bits per heavy atom. The van der Waals surface area contributed by atoms with Crippen LogP contribution in [0.3, 0.4) is 0 Å². The third kappa shape index (κ3) is 4.48. The molecule has 2 aromatic carbocycles. The van der Waals surface area contributed by atoms with Crippen molar-refractivity contribution in [3.8, 4) is 5.75 Å². The summed E-state index contributed by atoms with van der Waals surface area (Å²) in [6, 6.07) is 12.6. The van der Waals surface area contributed by atoms with Gasteiger partial charge in [0.1, 0.15) is 5.75 Å². The second kappa shape index (κ2) is 7.11. The number of hydrogen-bond donors (Lipinski definition) is 2. The van der Waals surface area contributed by atoms with Gasteiger partial charge >= 0.3 is 0 Å². The first-order valence-corrected chi connectivity index (χ1v) is 6.94. The predicted molar refractivity (Wildman–Crippen MR) is 84.6 cm³/mol. The van der Waals surface area contributed by atoms with Gasteiger partial charge in [0, 0.05) is 22.8 Å². The number of ether oxygens (including phenoxy) is 1. The third-order valence-corrected chi connectivity index (χ3v) is 3.17. The minimum Gasteiger partial charge on any atom is -0.483 e. The lowest BCUT2D eigenvalue weighted by Gasteiger charge is -2.11. The lowest BCUT2D eigenvalue weighted by atomic mass is 10.1. The minimum atomic E-state index is -0.235. The molecule has 0 aliphatic rings. The van der Waals surface area contributed by atoms with E-state index in [0.717, 1.165) is 11.1 Å². The van der Waals surface area contributed by atoms with Crippen LogP contribution in [0.1, 0.15) is 11.1 Å². The smallest absolute Gasteiger partial charge is 0.262 e. The Hall–Kier alpha value is -2.04. The van der Waals surface area contributed by atoms with Gasteiger partial charge in [0.15, 0.2) is 6.61 Å². The van der Waals surface area contributed by atoms with E-state index < -0.39 is 0 Å². The molecule has 0 fully saturated rings. The SMILES string of the molecule is Cc1ccc(OCC(=O)Nc2ccc(Cl)cc2)c(CN)c1. The predicted octanol–water partition coefficient (Wildman–Crippen LogP) is 3.12. The molecule has 3 N–H and O–H groups in total. The molecule has 2 rings (SSSR count). The summed E-state index contributed by atoms with van der Waals surface area (Å²) in [4.78, 5) is 11.8. The number of anilines is 1. The Kier molecular flexibility index (Phi) is 5.20. The Labute approximate surface area is 128 Å². The summed E-state index contributed by atoms with van der Waals surface area (Å²) < 4.78 is 5.52. The van der Waals surface area contributed by atoms with Crippen LogP contribution in [0.15, 0.2) is 42.5 Å². The number of carbonyl (C=O) groups is 1. The molecule has 0 saturated heterocycles. The maximum Gasteiger partial charge on any atom is 0.262 e. The molecule has 4 nitrogen and oxygen atoms in total. The molecule has 2 aromatic rings. The van der Waals surface area contributed by atoms with Gasteiger partial charge < -0.3 is 15.8 Å². The highest BCUT2D eigenvalue weighted by Gasteiger charge is 2.07. The molecular weight excluding hydrogens is 288 g/mol. The molecule has 0 bridgehead atoms. The summed E-state index contributed by atoms with van der Waals surface area (Å²) in [7, 11) is 0. The van der Waals surface area contributed by atoms with Crippen molar-refractivity contribution in [2.75, 3.05) is 11.9 Å². The van der Waals surface area contributed by atoms with E-state index >= 15 is 0 Å². The van der Waals surface area contributed by atoms with E-state index in [1.165, 1.54) is 0 Å². The third-order valence-electron chi connectivity index (χ3n) is 2.92. The van der Waals surface area contributed by atoms with Crippen LogP contribution in [0.25, 0.3) is 0 Å². The first-order chi connectivity index (χ1) is 10.1. The van der Waals surface area contributed by atoms with Crippen LogP contribution in [0, 0.1) is 6.92 Å². The van der Waals surface area contributed by atoms with Gasteiger partial charge in [0.25, 0.3) is 5.91 Å². The van der Waals surface area contributed by atoms with Crippen molar-refractivity contribution in [1.82, 2.24) is 0 Å². The van der Waals surface area contributed by atoms with Crippen LogP contribution in [-0.4, -0.2) is 12.5 Å². The number of hydrogen-bond acceptors (Lipinski definition) is 3. The fourth-order valence-electron chi connectivity index (χ4n) is 1.88. The molecule has 1 amide bonds. The van der Waals surface area contributed by atoms with Crippen molar-refractivity contribution in [3.63, 3.8) is 0 Å². The fourth-order valence-corrected chi connectivity index (χ4v) is 2.01. The van der Waals surface area contributed by atoms with E-state index in [1.54, 1.807) is 24.3 Å². The fraction of sp³-hybridized carbons (Fsp3) is 0.188. The summed E-state index contributed by atoms with van der Waals surface area (Å²) in [5, 5.41) is 3.36. The molecule has 110 valence electrons. The molecule has 0 radical (unpaired) electrons. The molecule has 0 unspecified atom stereocenters. The quantitative estimate of drug-likeness (QED) is 0.892. The average Bonchev–Trinajstić information content (AvgIpc) is 2.48. The zero-order valence-corrected chi connectivity index (χ0v) is 12.5. The highest BCUT2D eigenvalue weighted by molar-refractivity contribution is 6.30. The van der Waals surface area contributed by atoms with Crippen molar-refractivity contribution in [2.45, 2.75) is 13.5 Å². The number of nitrogens with one attached hydrogen (secondary N) is 1. The highest BCUT2D eigenvalue weighted by Crippen LogP contribution is 2.19. The van der Waals surface area contributed by atoms with E-state index in [9.17, 15) is 4.79 Å². The Morgan fingerprint density at radius 1 is 1.24 bits per heavy atom. The molecule has 5 heteroatoms. The topological polar surface area (TPSA) is 64.3 Å². The normalized spacial score (nSPS) is 10.2. The Balaban J connectivity index is 1.93. The number of nitrogens with two attached hydrogens (primary N) is 1. The summed E-state index contributed by atoms with van der Waals surface area (Å²) in [5.41, 5.74) is 8.34. The first-order valence-electron chi connectivity index (χ1n) is 6.56. The molecule has 0 spiro atoms. The molecule has 0 atom stereocenters. The number of halogens is 1. The Morgan fingerprint density at radius 2 is 1.95 bits per heavy atom. The zero-order chi connectivity index (χ0) is 15.2. The maximum absolute atomic E-state index is 11.8. The highest BCUT2D eigenvalue weighted by atomic mass is 35.5. The standard InChI is InChI=1S/C16H17ClN2O2/c1-11-2-7-15(12(8-11)9-18)21-10-16(20)19-14-5-3-13(17)4-6-14/h2-8H,9-10,18H2,1H3,(H,19,20). The van der Waals surface area contributed by atoms with E-state index in [2.05, 4.69) is 5.32 Å². The maximum atomic E-state index is 11.8. The molecule has 0 aliphatic heterocycles. The Bertz CT molecular complexity index is 627. The van der Waals surface area contributed by atoms with E-state index in [4.69, 9.17) is 22.1 Å². The van der Waals surface area contributed by atoms with Crippen LogP contribution in [0.4, 0.5) is 5.69 Å². The summed E-state index contributed by atoms with van der Waals surface area (Å²) in [6.07, 6.45) is 0. The number of carbonyl (C=O) groups excluding carboxylic acids is 1. The average molecular weight is 305 g/mol. The van der Waals surface area contributed by atoms with Crippen LogP contribution >= 0.6 is 11.6 Å². The van der Waals surface area contributed by atoms with Crippen LogP contribution in [-0.2, 0) is 11.3 Å². The van der Waals surface area contributed by atoms with Gasteiger partial charge in [-0.15, -0.1) is 0 Å². The minimum absolute atomic E-state index is 0.0707. The van der Waals surface area contributed by atoms with Crippen molar-refractivity contribution in [2.24, 2.45) is 5.73 Å². The van der Waals surface area contributed by atoms with E-state index in [1.807, 2.05) is 25.1 Å². The second-order valence-electron chi connectivity index (χ2n) is 4.66. The molecular formula is C16H17ClN2O2. The summed E-state index contributed by atoms with van der Waals surface area (Å²) in [5.74, 6) is 0.398. The van der Waals surface area contributed by atoms with Gasteiger partial charge in [-0.05, 0) is 37.3 Å². The molecule has 0 aromatic heterocycles.